The first-order chi connectivity index (χ1) is 20.4. The molecule has 5 nitrogen and oxygen atoms in total. The van der Waals surface area contributed by atoms with Gasteiger partial charge < -0.3 is 14.4 Å². The Morgan fingerprint density at radius 2 is 1.67 bits per heavy atom. The maximum Gasteiger partial charge on any atom is 0.309 e. The molecule has 8 heteroatoms. The fraction of sp³-hybridized carbons (Fsp3) is 0.265. The maximum absolute atomic E-state index is 14.8. The molecular formula is C34H34F2N2O3S. The van der Waals surface area contributed by atoms with E-state index in [1.54, 1.807) is 25.4 Å². The molecular weight excluding hydrogens is 554 g/mol. The molecule has 0 aliphatic carbocycles. The van der Waals surface area contributed by atoms with Crippen molar-refractivity contribution in [3.05, 3.63) is 118 Å². The first-order valence-electron chi connectivity index (χ1n) is 13.9. The Kier molecular flexibility index (Phi) is 9.35. The van der Waals surface area contributed by atoms with E-state index in [0.717, 1.165) is 44.4 Å². The molecule has 0 saturated heterocycles. The van der Waals surface area contributed by atoms with E-state index in [9.17, 15) is 13.6 Å². The third kappa shape index (κ3) is 6.72. The van der Waals surface area contributed by atoms with Crippen LogP contribution < -0.4 is 9.64 Å². The number of carbonyl (C=O) groups is 1. The summed E-state index contributed by atoms with van der Waals surface area (Å²) in [6.07, 6.45) is 2.51. The van der Waals surface area contributed by atoms with Crippen molar-refractivity contribution in [3.63, 3.8) is 0 Å². The molecule has 42 heavy (non-hydrogen) atoms. The second-order valence-electron chi connectivity index (χ2n) is 10.4. The summed E-state index contributed by atoms with van der Waals surface area (Å²) < 4.78 is 40.3. The van der Waals surface area contributed by atoms with Gasteiger partial charge in [0.2, 0.25) is 0 Å². The van der Waals surface area contributed by atoms with Gasteiger partial charge in [-0.1, -0.05) is 36.4 Å². The summed E-state index contributed by atoms with van der Waals surface area (Å²) in [7, 11) is 3.72. The number of carbonyl (C=O) groups excluding carboxylic acids is 1. The van der Waals surface area contributed by atoms with Crippen LogP contribution in [0.5, 0.6) is 5.75 Å². The van der Waals surface area contributed by atoms with Crippen molar-refractivity contribution < 1.29 is 23.0 Å². The number of thiophene rings is 1. The highest BCUT2D eigenvalue weighted by Crippen LogP contribution is 2.47. The van der Waals surface area contributed by atoms with Crippen molar-refractivity contribution in [3.8, 4) is 16.2 Å². The monoisotopic (exact) mass is 588 g/mol. The van der Waals surface area contributed by atoms with E-state index in [1.807, 2.05) is 53.6 Å². The lowest BCUT2D eigenvalue weighted by atomic mass is 9.95. The van der Waals surface area contributed by atoms with Gasteiger partial charge in [0.1, 0.15) is 17.4 Å². The predicted molar refractivity (Wildman–Crippen MR) is 163 cm³/mol. The van der Waals surface area contributed by atoms with E-state index in [1.165, 1.54) is 23.8 Å². The number of nitrogens with zero attached hydrogens (tertiary/aromatic N) is 2. The average molecular weight is 589 g/mol. The van der Waals surface area contributed by atoms with Crippen LogP contribution in [0.25, 0.3) is 10.4 Å². The third-order valence-corrected chi connectivity index (χ3v) is 8.60. The van der Waals surface area contributed by atoms with Crippen molar-refractivity contribution in [2.75, 3.05) is 25.7 Å². The summed E-state index contributed by atoms with van der Waals surface area (Å²) in [6, 6.07) is 22.1. The van der Waals surface area contributed by atoms with Crippen molar-refractivity contribution in [1.82, 2.24) is 4.90 Å². The maximum atomic E-state index is 14.8. The predicted octanol–water partition coefficient (Wildman–Crippen LogP) is 7.73. The fourth-order valence-corrected chi connectivity index (χ4v) is 6.60. The van der Waals surface area contributed by atoms with Crippen LogP contribution in [0, 0.1) is 11.6 Å². The highest BCUT2D eigenvalue weighted by atomic mass is 32.1. The number of hydrogen-bond donors (Lipinski definition) is 0. The molecule has 1 aliphatic rings. The second-order valence-corrected chi connectivity index (χ2v) is 11.4. The van der Waals surface area contributed by atoms with Crippen LogP contribution in [-0.4, -0.2) is 31.6 Å². The van der Waals surface area contributed by atoms with Gasteiger partial charge in [-0.25, -0.2) is 8.78 Å². The summed E-state index contributed by atoms with van der Waals surface area (Å²) in [6.45, 7) is 3.47. The van der Waals surface area contributed by atoms with Crippen molar-refractivity contribution >= 4 is 22.3 Å². The summed E-state index contributed by atoms with van der Waals surface area (Å²) in [5, 5.41) is 0.916. The minimum absolute atomic E-state index is 0.000305. The smallest absolute Gasteiger partial charge is 0.309 e. The third-order valence-electron chi connectivity index (χ3n) is 7.24. The Hall–Kier alpha value is -4.01. The molecule has 1 aliphatic heterocycles. The largest absolute Gasteiger partial charge is 0.497 e. The highest BCUT2D eigenvalue weighted by Gasteiger charge is 2.29. The first-order valence-corrected chi connectivity index (χ1v) is 14.7. The molecule has 0 spiro atoms. The molecule has 2 heterocycles. The minimum atomic E-state index is -0.600. The van der Waals surface area contributed by atoms with E-state index < -0.39 is 11.6 Å². The number of anilines is 1. The van der Waals surface area contributed by atoms with Gasteiger partial charge in [0.25, 0.3) is 0 Å². The van der Waals surface area contributed by atoms with Gasteiger partial charge in [0.05, 0.1) is 31.7 Å². The zero-order chi connectivity index (χ0) is 29.6. The quantitative estimate of drug-likeness (QED) is 0.168. The number of ether oxygens (including phenoxy) is 2. The number of fused-ring (bicyclic) bond motifs is 1. The number of halogens is 2. The van der Waals surface area contributed by atoms with Gasteiger partial charge in [-0.15, -0.1) is 11.3 Å². The molecule has 0 atom stereocenters. The molecule has 0 bridgehead atoms. The Bertz CT molecular complexity index is 1550. The molecule has 0 unspecified atom stereocenters. The highest BCUT2D eigenvalue weighted by molar-refractivity contribution is 7.20. The van der Waals surface area contributed by atoms with Crippen LogP contribution >= 0.6 is 11.3 Å². The minimum Gasteiger partial charge on any atom is -0.497 e. The first kappa shape index (κ1) is 29.5. The topological polar surface area (TPSA) is 42.0 Å². The summed E-state index contributed by atoms with van der Waals surface area (Å²) in [5.41, 5.74) is 5.25. The molecule has 4 aromatic rings. The van der Waals surface area contributed by atoms with Crippen LogP contribution in [-0.2, 0) is 35.6 Å². The van der Waals surface area contributed by atoms with Crippen LogP contribution in [0.3, 0.4) is 0 Å². The summed E-state index contributed by atoms with van der Waals surface area (Å²) in [4.78, 5) is 17.7. The normalized spacial score (nSPS) is 12.7. The van der Waals surface area contributed by atoms with Gasteiger partial charge in [0, 0.05) is 29.7 Å². The van der Waals surface area contributed by atoms with Gasteiger partial charge in [-0.3, -0.25) is 9.69 Å². The van der Waals surface area contributed by atoms with Gasteiger partial charge in [-0.05, 0) is 84.6 Å². The van der Waals surface area contributed by atoms with E-state index in [4.69, 9.17) is 9.47 Å². The van der Waals surface area contributed by atoms with Crippen molar-refractivity contribution in [2.45, 2.75) is 39.4 Å². The molecule has 5 rings (SSSR count). The molecule has 0 saturated carbocycles. The van der Waals surface area contributed by atoms with E-state index in [2.05, 4.69) is 24.1 Å². The average Bonchev–Trinajstić information content (AvgIpc) is 3.33. The zero-order valence-electron chi connectivity index (χ0n) is 24.0. The van der Waals surface area contributed by atoms with Gasteiger partial charge in [-0.2, -0.15) is 0 Å². The number of rotatable bonds is 11. The lowest BCUT2D eigenvalue weighted by Gasteiger charge is -2.28. The van der Waals surface area contributed by atoms with Gasteiger partial charge >= 0.3 is 5.97 Å². The van der Waals surface area contributed by atoms with Crippen LogP contribution in [0.4, 0.5) is 13.8 Å². The lowest BCUT2D eigenvalue weighted by molar-refractivity contribution is -0.142. The van der Waals surface area contributed by atoms with Crippen LogP contribution in [0.2, 0.25) is 0 Å². The Morgan fingerprint density at radius 1 is 0.952 bits per heavy atom. The standard InChI is InChI=1S/C34H34F2N2O3S/c1-4-41-32(39)18-24-17-27-28(21-37(2)19-23-9-6-5-7-10-23)33(25-13-15-26(40-3)16-14-25)42-34(27)38(20-24)22-29-30(35)11-8-12-31(29)36/h5-16,20H,4,17-19,21-22H2,1-3H3. The molecule has 0 N–H and O–H groups in total. The number of methoxy groups -OCH3 is 1. The number of hydrogen-bond acceptors (Lipinski definition) is 6. The van der Waals surface area contributed by atoms with Crippen molar-refractivity contribution in [2.24, 2.45) is 0 Å². The molecule has 218 valence electrons. The number of esters is 1. The van der Waals surface area contributed by atoms with Crippen LogP contribution in [0.15, 0.2) is 84.6 Å². The summed E-state index contributed by atoms with van der Waals surface area (Å²) in [5.74, 6) is -0.759. The Balaban J connectivity index is 1.59. The Morgan fingerprint density at radius 3 is 2.33 bits per heavy atom. The molecule has 1 aromatic heterocycles. The van der Waals surface area contributed by atoms with Crippen molar-refractivity contribution in [1.29, 1.82) is 0 Å². The fourth-order valence-electron chi connectivity index (χ4n) is 5.29. The molecule has 0 fully saturated rings. The zero-order valence-corrected chi connectivity index (χ0v) is 24.8. The van der Waals surface area contributed by atoms with E-state index >= 15 is 0 Å². The molecule has 3 aromatic carbocycles. The SMILES string of the molecule is CCOC(=O)CC1=CN(Cc2c(F)cccc2F)c2sc(-c3ccc(OC)cc3)c(CN(C)Cc3ccccc3)c2C1. The summed E-state index contributed by atoms with van der Waals surface area (Å²) >= 11 is 1.60. The Labute approximate surface area is 249 Å². The van der Waals surface area contributed by atoms with E-state index in [0.29, 0.717) is 13.0 Å². The van der Waals surface area contributed by atoms with Gasteiger partial charge in [0.15, 0.2) is 0 Å². The number of benzene rings is 3. The molecule has 0 amide bonds. The van der Waals surface area contributed by atoms with Crippen LogP contribution in [0.1, 0.15) is 35.6 Å². The lowest BCUT2D eigenvalue weighted by Crippen LogP contribution is -2.24. The molecule has 0 radical (unpaired) electrons. The second kappa shape index (κ2) is 13.3. The van der Waals surface area contributed by atoms with E-state index in [-0.39, 0.29) is 31.1 Å².